The summed E-state index contributed by atoms with van der Waals surface area (Å²) in [5.41, 5.74) is 3.18. The maximum absolute atomic E-state index is 13.4. The molecule has 1 aliphatic heterocycles. The van der Waals surface area contributed by atoms with Crippen LogP contribution in [0.15, 0.2) is 66.2 Å². The van der Waals surface area contributed by atoms with Crippen LogP contribution in [0, 0.1) is 13.8 Å². The van der Waals surface area contributed by atoms with Crippen LogP contribution in [0.3, 0.4) is 0 Å². The van der Waals surface area contributed by atoms with Gasteiger partial charge < -0.3 is 14.6 Å². The number of anilines is 1. The second-order valence-electron chi connectivity index (χ2n) is 8.08. The molecule has 174 valence electrons. The Morgan fingerprint density at radius 3 is 2.32 bits per heavy atom. The molecule has 1 saturated heterocycles. The Labute approximate surface area is 203 Å². The van der Waals surface area contributed by atoms with E-state index in [1.807, 2.05) is 32.0 Å². The molecule has 0 saturated carbocycles. The highest BCUT2D eigenvalue weighted by atomic mass is 35.5. The molecule has 1 N–H and O–H groups in total. The molecule has 6 nitrogen and oxygen atoms in total. The van der Waals surface area contributed by atoms with Gasteiger partial charge in [-0.05, 0) is 61.4 Å². The molecule has 4 rings (SSSR count). The number of carbonyl (C=O) groups is 2. The van der Waals surface area contributed by atoms with Gasteiger partial charge >= 0.3 is 0 Å². The topological polar surface area (TPSA) is 76.1 Å². The van der Waals surface area contributed by atoms with Crippen LogP contribution in [0.2, 0.25) is 5.02 Å². The van der Waals surface area contributed by atoms with Gasteiger partial charge in [0.2, 0.25) is 0 Å². The van der Waals surface area contributed by atoms with Crippen molar-refractivity contribution in [1.82, 2.24) is 0 Å². The first kappa shape index (κ1) is 23.4. The summed E-state index contributed by atoms with van der Waals surface area (Å²) in [5, 5.41) is 11.6. The number of Topliss-reactive ketones (excluding diaryl/α,β-unsaturated/α-hetero) is 1. The lowest BCUT2D eigenvalue weighted by atomic mass is 9.94. The lowest BCUT2D eigenvalue weighted by Crippen LogP contribution is -2.30. The van der Waals surface area contributed by atoms with Crippen LogP contribution in [-0.4, -0.2) is 31.0 Å². The monoisotopic (exact) mass is 477 g/mol. The van der Waals surface area contributed by atoms with E-state index >= 15 is 0 Å². The fourth-order valence-electron chi connectivity index (χ4n) is 4.24. The van der Waals surface area contributed by atoms with Crippen molar-refractivity contribution >= 4 is 34.7 Å². The van der Waals surface area contributed by atoms with Crippen LogP contribution in [0.5, 0.6) is 11.5 Å². The molecule has 1 atom stereocenters. The Kier molecular flexibility index (Phi) is 6.35. The first-order valence-electron chi connectivity index (χ1n) is 10.6. The van der Waals surface area contributed by atoms with Gasteiger partial charge in [-0.25, -0.2) is 0 Å². The average molecular weight is 478 g/mol. The molecule has 0 bridgehead atoms. The van der Waals surface area contributed by atoms with Crippen LogP contribution < -0.4 is 14.4 Å². The van der Waals surface area contributed by atoms with Crippen LogP contribution in [0.1, 0.15) is 28.3 Å². The molecule has 1 amide bonds. The zero-order chi connectivity index (χ0) is 24.6. The summed E-state index contributed by atoms with van der Waals surface area (Å²) in [6.07, 6.45) is 0. The fraction of sp³-hybridized carbons (Fsp3) is 0.185. The third kappa shape index (κ3) is 4.01. The number of ketones is 1. The molecule has 1 unspecified atom stereocenters. The van der Waals surface area contributed by atoms with Gasteiger partial charge in [0, 0.05) is 11.3 Å². The Morgan fingerprint density at radius 1 is 0.941 bits per heavy atom. The summed E-state index contributed by atoms with van der Waals surface area (Å²) in [5.74, 6) is -0.900. The lowest BCUT2D eigenvalue weighted by Gasteiger charge is -2.27. The standard InChI is InChI=1S/C27H24ClNO5/c1-15-8-11-22(16(2)12-15)29-24(17-6-5-7-18(13-17)33-3)23(26(31)27(29)32)25(30)20-14-19(34-4)9-10-21(20)28/h5-14,24,30H,1-4H3/b25-23+. The number of hydrogen-bond donors (Lipinski definition) is 1. The van der Waals surface area contributed by atoms with Gasteiger partial charge in [-0.15, -0.1) is 0 Å². The number of hydrogen-bond acceptors (Lipinski definition) is 5. The van der Waals surface area contributed by atoms with Crippen LogP contribution in [0.4, 0.5) is 5.69 Å². The van der Waals surface area contributed by atoms with E-state index in [9.17, 15) is 14.7 Å². The number of benzene rings is 3. The Morgan fingerprint density at radius 2 is 1.65 bits per heavy atom. The van der Waals surface area contributed by atoms with Gasteiger partial charge in [0.05, 0.1) is 30.9 Å². The Bertz CT molecular complexity index is 1330. The quantitative estimate of drug-likeness (QED) is 0.294. The van der Waals surface area contributed by atoms with Crippen molar-refractivity contribution in [2.45, 2.75) is 19.9 Å². The number of nitrogens with zero attached hydrogens (tertiary/aromatic N) is 1. The normalized spacial score (nSPS) is 17.2. The minimum absolute atomic E-state index is 0.0617. The van der Waals surface area contributed by atoms with E-state index in [2.05, 4.69) is 0 Å². The molecule has 1 aliphatic rings. The van der Waals surface area contributed by atoms with E-state index in [4.69, 9.17) is 21.1 Å². The molecule has 1 heterocycles. The number of aliphatic hydroxyl groups excluding tert-OH is 1. The first-order valence-corrected chi connectivity index (χ1v) is 11.0. The second kappa shape index (κ2) is 9.23. The van der Waals surface area contributed by atoms with E-state index in [1.165, 1.54) is 25.2 Å². The van der Waals surface area contributed by atoms with Crippen LogP contribution in [0.25, 0.3) is 5.76 Å². The third-order valence-corrected chi connectivity index (χ3v) is 6.22. The highest BCUT2D eigenvalue weighted by Crippen LogP contribution is 2.44. The first-order chi connectivity index (χ1) is 16.3. The molecule has 3 aromatic rings. The smallest absolute Gasteiger partial charge is 0.300 e. The van der Waals surface area contributed by atoms with E-state index in [-0.39, 0.29) is 21.9 Å². The minimum atomic E-state index is -0.890. The van der Waals surface area contributed by atoms with Gasteiger partial charge in [0.25, 0.3) is 11.7 Å². The lowest BCUT2D eigenvalue weighted by molar-refractivity contribution is -0.132. The van der Waals surface area contributed by atoms with E-state index in [1.54, 1.807) is 36.4 Å². The highest BCUT2D eigenvalue weighted by molar-refractivity contribution is 6.52. The summed E-state index contributed by atoms with van der Waals surface area (Å²) in [6.45, 7) is 3.83. The van der Waals surface area contributed by atoms with Crippen molar-refractivity contribution in [2.24, 2.45) is 0 Å². The molecular weight excluding hydrogens is 454 g/mol. The average Bonchev–Trinajstić information content (AvgIpc) is 3.09. The number of methoxy groups -OCH3 is 2. The highest BCUT2D eigenvalue weighted by Gasteiger charge is 2.47. The third-order valence-electron chi connectivity index (χ3n) is 5.89. The molecule has 7 heteroatoms. The molecule has 34 heavy (non-hydrogen) atoms. The minimum Gasteiger partial charge on any atom is -0.507 e. The van der Waals surface area contributed by atoms with Crippen LogP contribution >= 0.6 is 11.6 Å². The summed E-state index contributed by atoms with van der Waals surface area (Å²) < 4.78 is 10.6. The van der Waals surface area contributed by atoms with Crippen molar-refractivity contribution < 1.29 is 24.2 Å². The van der Waals surface area contributed by atoms with Gasteiger partial charge in [-0.2, -0.15) is 0 Å². The molecule has 0 spiro atoms. The van der Waals surface area contributed by atoms with Crippen molar-refractivity contribution in [1.29, 1.82) is 0 Å². The number of aliphatic hydroxyl groups is 1. The zero-order valence-corrected chi connectivity index (χ0v) is 20.0. The molecule has 0 aromatic heterocycles. The van der Waals surface area contributed by atoms with E-state index in [0.29, 0.717) is 22.7 Å². The number of rotatable bonds is 5. The summed E-state index contributed by atoms with van der Waals surface area (Å²) in [7, 11) is 3.03. The number of ether oxygens (including phenoxy) is 2. The maximum atomic E-state index is 13.4. The van der Waals surface area contributed by atoms with Crippen LogP contribution in [-0.2, 0) is 9.59 Å². The number of halogens is 1. The maximum Gasteiger partial charge on any atom is 0.300 e. The number of aryl methyl sites for hydroxylation is 2. The molecule has 0 aliphatic carbocycles. The summed E-state index contributed by atoms with van der Waals surface area (Å²) in [4.78, 5) is 28.2. The van der Waals surface area contributed by atoms with Crippen molar-refractivity contribution in [3.05, 3.63) is 93.5 Å². The van der Waals surface area contributed by atoms with E-state index < -0.39 is 17.7 Å². The zero-order valence-electron chi connectivity index (χ0n) is 19.3. The Balaban J connectivity index is 2.01. The molecule has 1 fully saturated rings. The van der Waals surface area contributed by atoms with Gasteiger partial charge in [-0.3, -0.25) is 14.5 Å². The summed E-state index contributed by atoms with van der Waals surface area (Å²) >= 11 is 6.37. The number of carbonyl (C=O) groups excluding carboxylic acids is 2. The molecule has 3 aromatic carbocycles. The second-order valence-corrected chi connectivity index (χ2v) is 8.49. The van der Waals surface area contributed by atoms with Gasteiger partial charge in [-0.1, -0.05) is 41.4 Å². The summed E-state index contributed by atoms with van der Waals surface area (Å²) in [6, 6.07) is 16.6. The van der Waals surface area contributed by atoms with Gasteiger partial charge in [0.1, 0.15) is 17.3 Å². The van der Waals surface area contributed by atoms with Crippen molar-refractivity contribution in [3.8, 4) is 11.5 Å². The molecule has 0 radical (unpaired) electrons. The molecular formula is C27H24ClNO5. The fourth-order valence-corrected chi connectivity index (χ4v) is 4.45. The van der Waals surface area contributed by atoms with Crippen molar-refractivity contribution in [3.63, 3.8) is 0 Å². The SMILES string of the molecule is COc1cccc(C2/C(=C(\O)c3cc(OC)ccc3Cl)C(=O)C(=O)N2c2ccc(C)cc2C)c1. The Hall–Kier alpha value is -3.77. The number of amides is 1. The van der Waals surface area contributed by atoms with Gasteiger partial charge in [0.15, 0.2) is 0 Å². The predicted octanol–water partition coefficient (Wildman–Crippen LogP) is 5.60. The van der Waals surface area contributed by atoms with E-state index in [0.717, 1.165) is 11.1 Å². The largest absolute Gasteiger partial charge is 0.507 e. The predicted molar refractivity (Wildman–Crippen MR) is 132 cm³/mol. The van der Waals surface area contributed by atoms with Crippen molar-refractivity contribution in [2.75, 3.05) is 19.1 Å².